The first-order chi connectivity index (χ1) is 6.27. The lowest BCUT2D eigenvalue weighted by molar-refractivity contribution is -0.386. The highest BCUT2D eigenvalue weighted by Gasteiger charge is 2.01. The molecule has 0 radical (unpaired) electrons. The minimum absolute atomic E-state index is 0.736. The van der Waals surface area contributed by atoms with Gasteiger partial charge in [0, 0.05) is 17.7 Å². The van der Waals surface area contributed by atoms with Crippen LogP contribution in [0.3, 0.4) is 0 Å². The topological polar surface area (TPSA) is 36.9 Å². The molecule has 0 unspecified atom stereocenters. The lowest BCUT2D eigenvalue weighted by Gasteiger charge is -2.03. The smallest absolute Gasteiger partial charge is 0.101 e. The molecular formula is C10H15ClNO+. The summed E-state index contributed by atoms with van der Waals surface area (Å²) in [4.78, 5) is 0. The largest absolute Gasteiger partial charge is 0.384 e. The number of rotatable bonds is 4. The van der Waals surface area contributed by atoms with Crippen LogP contribution < -0.4 is 5.73 Å². The van der Waals surface area contributed by atoms with Gasteiger partial charge in [-0.1, -0.05) is 17.7 Å². The van der Waals surface area contributed by atoms with Crippen LogP contribution in [0.5, 0.6) is 0 Å². The van der Waals surface area contributed by atoms with Gasteiger partial charge in [-0.3, -0.25) is 0 Å². The van der Waals surface area contributed by atoms with Crippen molar-refractivity contribution in [1.82, 2.24) is 0 Å². The fraction of sp³-hybridized carbons (Fsp3) is 0.400. The molecule has 0 amide bonds. The van der Waals surface area contributed by atoms with Crippen molar-refractivity contribution in [3.05, 3.63) is 34.3 Å². The zero-order chi connectivity index (χ0) is 9.68. The standard InChI is InChI=1S/C10H14ClNO/c1-13-5-4-8-2-3-10(11)9(6-8)7-12/h2-3,6H,4-5,7,12H2,1H3/p+1. The van der Waals surface area contributed by atoms with E-state index in [1.807, 2.05) is 12.1 Å². The van der Waals surface area contributed by atoms with E-state index in [4.69, 9.17) is 16.3 Å². The number of methoxy groups -OCH3 is 1. The number of hydrogen-bond donors (Lipinski definition) is 1. The van der Waals surface area contributed by atoms with Crippen molar-refractivity contribution in [3.8, 4) is 0 Å². The Balaban J connectivity index is 2.74. The van der Waals surface area contributed by atoms with Gasteiger partial charge in [-0.25, -0.2) is 0 Å². The number of halogens is 1. The molecule has 0 fully saturated rings. The van der Waals surface area contributed by atoms with Crippen molar-refractivity contribution in [2.75, 3.05) is 13.7 Å². The maximum absolute atomic E-state index is 5.96. The Morgan fingerprint density at radius 3 is 2.85 bits per heavy atom. The summed E-state index contributed by atoms with van der Waals surface area (Å²) in [6.07, 6.45) is 0.931. The first kappa shape index (κ1) is 10.5. The summed E-state index contributed by atoms with van der Waals surface area (Å²) < 4.78 is 5.00. The predicted molar refractivity (Wildman–Crippen MR) is 53.6 cm³/mol. The maximum Gasteiger partial charge on any atom is 0.101 e. The van der Waals surface area contributed by atoms with Crippen LogP contribution in [0.4, 0.5) is 0 Å². The van der Waals surface area contributed by atoms with E-state index in [-0.39, 0.29) is 0 Å². The SMILES string of the molecule is COCCc1ccc(Cl)c(C[NH3+])c1. The van der Waals surface area contributed by atoms with Crippen LogP contribution in [-0.4, -0.2) is 13.7 Å². The van der Waals surface area contributed by atoms with Crippen LogP contribution in [0.15, 0.2) is 18.2 Å². The molecule has 13 heavy (non-hydrogen) atoms. The summed E-state index contributed by atoms with van der Waals surface area (Å²) in [7, 11) is 1.71. The lowest BCUT2D eigenvalue weighted by atomic mass is 10.1. The lowest BCUT2D eigenvalue weighted by Crippen LogP contribution is -2.47. The zero-order valence-corrected chi connectivity index (χ0v) is 8.60. The van der Waals surface area contributed by atoms with Crippen LogP contribution >= 0.6 is 11.6 Å². The average Bonchev–Trinajstić information content (AvgIpc) is 2.16. The van der Waals surface area contributed by atoms with Gasteiger partial charge in [-0.05, 0) is 24.1 Å². The maximum atomic E-state index is 5.96. The van der Waals surface area contributed by atoms with Crippen LogP contribution in [-0.2, 0) is 17.7 Å². The molecule has 72 valence electrons. The third-order valence-electron chi connectivity index (χ3n) is 1.97. The molecule has 0 bridgehead atoms. The van der Waals surface area contributed by atoms with E-state index < -0.39 is 0 Å². The molecule has 0 aromatic heterocycles. The van der Waals surface area contributed by atoms with Gasteiger partial charge in [-0.15, -0.1) is 0 Å². The normalized spacial score (nSPS) is 10.4. The Morgan fingerprint density at radius 2 is 2.23 bits per heavy atom. The van der Waals surface area contributed by atoms with E-state index in [1.54, 1.807) is 7.11 Å². The van der Waals surface area contributed by atoms with Gasteiger partial charge < -0.3 is 10.5 Å². The Hall–Kier alpha value is -0.570. The van der Waals surface area contributed by atoms with Gasteiger partial charge >= 0.3 is 0 Å². The monoisotopic (exact) mass is 200 g/mol. The summed E-state index contributed by atoms with van der Waals surface area (Å²) in [6.45, 7) is 1.48. The van der Waals surface area contributed by atoms with Crippen molar-refractivity contribution in [1.29, 1.82) is 0 Å². The molecule has 0 saturated carbocycles. The summed E-state index contributed by atoms with van der Waals surface area (Å²) in [5.41, 5.74) is 6.18. The van der Waals surface area contributed by atoms with Crippen molar-refractivity contribution < 1.29 is 10.5 Å². The van der Waals surface area contributed by atoms with Crippen LogP contribution in [0.25, 0.3) is 0 Å². The Labute approximate surface area is 83.6 Å². The molecule has 0 spiro atoms. The first-order valence-corrected chi connectivity index (χ1v) is 4.71. The quantitative estimate of drug-likeness (QED) is 0.781. The minimum Gasteiger partial charge on any atom is -0.384 e. The second kappa shape index (κ2) is 5.22. The third-order valence-corrected chi connectivity index (χ3v) is 2.34. The van der Waals surface area contributed by atoms with E-state index in [9.17, 15) is 0 Å². The molecule has 0 saturated heterocycles. The second-order valence-electron chi connectivity index (χ2n) is 2.92. The van der Waals surface area contributed by atoms with E-state index in [0.29, 0.717) is 0 Å². The van der Waals surface area contributed by atoms with Crippen LogP contribution in [0, 0.1) is 0 Å². The molecule has 2 nitrogen and oxygen atoms in total. The number of quaternary nitrogens is 1. The van der Waals surface area contributed by atoms with E-state index in [1.165, 1.54) is 5.56 Å². The zero-order valence-electron chi connectivity index (χ0n) is 7.85. The fourth-order valence-corrected chi connectivity index (χ4v) is 1.41. The van der Waals surface area contributed by atoms with Crippen molar-refractivity contribution in [3.63, 3.8) is 0 Å². The van der Waals surface area contributed by atoms with Crippen LogP contribution in [0.2, 0.25) is 5.02 Å². The summed E-state index contributed by atoms with van der Waals surface area (Å²) in [5.74, 6) is 0. The van der Waals surface area contributed by atoms with Crippen molar-refractivity contribution in [2.45, 2.75) is 13.0 Å². The molecule has 0 aliphatic carbocycles. The van der Waals surface area contributed by atoms with Gasteiger partial charge in [0.2, 0.25) is 0 Å². The molecule has 3 heteroatoms. The van der Waals surface area contributed by atoms with Gasteiger partial charge in [0.25, 0.3) is 0 Å². The van der Waals surface area contributed by atoms with E-state index >= 15 is 0 Å². The van der Waals surface area contributed by atoms with Crippen LogP contribution in [0.1, 0.15) is 11.1 Å². The highest BCUT2D eigenvalue weighted by molar-refractivity contribution is 6.31. The second-order valence-corrected chi connectivity index (χ2v) is 3.33. The molecule has 3 N–H and O–H groups in total. The Kier molecular flexibility index (Phi) is 4.22. The summed E-state index contributed by atoms with van der Waals surface area (Å²) in [6, 6.07) is 6.04. The molecule has 0 atom stereocenters. The average molecular weight is 201 g/mol. The minimum atomic E-state index is 0.736. The number of hydrogen-bond acceptors (Lipinski definition) is 1. The Bertz CT molecular complexity index is 276. The molecule has 1 rings (SSSR count). The fourth-order valence-electron chi connectivity index (χ4n) is 1.20. The molecule has 0 aliphatic rings. The highest BCUT2D eigenvalue weighted by atomic mass is 35.5. The number of benzene rings is 1. The van der Waals surface area contributed by atoms with Gasteiger partial charge in [0.05, 0.1) is 6.61 Å². The Morgan fingerprint density at radius 1 is 1.46 bits per heavy atom. The summed E-state index contributed by atoms with van der Waals surface area (Å²) in [5, 5.41) is 0.802. The molecule has 1 aromatic carbocycles. The predicted octanol–water partition coefficient (Wildman–Crippen LogP) is 1.27. The highest BCUT2D eigenvalue weighted by Crippen LogP contribution is 2.16. The van der Waals surface area contributed by atoms with Crippen molar-refractivity contribution in [2.24, 2.45) is 0 Å². The van der Waals surface area contributed by atoms with Gasteiger partial charge in [0.15, 0.2) is 0 Å². The van der Waals surface area contributed by atoms with Gasteiger partial charge in [0.1, 0.15) is 6.54 Å². The van der Waals surface area contributed by atoms with Crippen molar-refractivity contribution >= 4 is 11.6 Å². The summed E-state index contributed by atoms with van der Waals surface area (Å²) >= 11 is 5.96. The first-order valence-electron chi connectivity index (χ1n) is 4.33. The van der Waals surface area contributed by atoms with Gasteiger partial charge in [-0.2, -0.15) is 0 Å². The molecule has 0 heterocycles. The molecule has 0 aliphatic heterocycles. The van der Waals surface area contributed by atoms with E-state index in [2.05, 4.69) is 11.8 Å². The van der Waals surface area contributed by atoms with E-state index in [0.717, 1.165) is 30.2 Å². The number of ether oxygens (including phenoxy) is 1. The molecular weight excluding hydrogens is 186 g/mol. The molecule has 1 aromatic rings. The third kappa shape index (κ3) is 2.99.